The van der Waals surface area contributed by atoms with Gasteiger partial charge in [0.05, 0.1) is 28.4 Å². The van der Waals surface area contributed by atoms with Crippen LogP contribution in [0.25, 0.3) is 12.2 Å². The molecule has 0 spiro atoms. The van der Waals surface area contributed by atoms with Gasteiger partial charge in [-0.05, 0) is 47.5 Å². The average molecular weight is 370 g/mol. The lowest BCUT2D eigenvalue weighted by Gasteiger charge is -2.09. The highest BCUT2D eigenvalue weighted by Crippen LogP contribution is 2.37. The molecule has 1 N–H and O–H groups in total. The Labute approximate surface area is 158 Å². The minimum absolute atomic E-state index is 0.0863. The second-order valence-electron chi connectivity index (χ2n) is 5.46. The molecule has 0 aromatic heterocycles. The molecule has 0 aliphatic rings. The van der Waals surface area contributed by atoms with E-state index in [4.69, 9.17) is 18.9 Å². The number of carbonyl (C=O) groups is 1. The lowest BCUT2D eigenvalue weighted by molar-refractivity contribution is -0.110. The summed E-state index contributed by atoms with van der Waals surface area (Å²) in [5.41, 5.74) is 1.47. The maximum atomic E-state index is 12.1. The number of hydrogen-bond acceptors (Lipinski definition) is 6. The van der Waals surface area contributed by atoms with Crippen LogP contribution < -0.4 is 18.9 Å². The van der Waals surface area contributed by atoms with Gasteiger partial charge in [0.2, 0.25) is 5.75 Å². The summed E-state index contributed by atoms with van der Waals surface area (Å²) in [4.78, 5) is 12.1. The monoisotopic (exact) mass is 370 g/mol. The number of phenols is 1. The molecule has 0 aliphatic carbocycles. The second-order valence-corrected chi connectivity index (χ2v) is 5.46. The molecule has 2 aromatic rings. The van der Waals surface area contributed by atoms with Gasteiger partial charge in [-0.3, -0.25) is 4.79 Å². The first-order valence-corrected chi connectivity index (χ1v) is 8.09. The molecule has 0 saturated carbocycles. The van der Waals surface area contributed by atoms with Crippen molar-refractivity contribution in [1.82, 2.24) is 0 Å². The first-order valence-electron chi connectivity index (χ1n) is 8.09. The van der Waals surface area contributed by atoms with Crippen molar-refractivity contribution < 1.29 is 28.8 Å². The van der Waals surface area contributed by atoms with Crippen molar-refractivity contribution in [2.75, 3.05) is 28.4 Å². The standard InChI is InChI=1S/C21H22O6/c1-24-17-10-7-14(11-18(17)25-2)5-8-16(22)9-6-15-12-19(26-3)21(23)20(13-15)27-4/h5-13,23H,1-4H3/b8-5+,9-6+. The van der Waals surface area contributed by atoms with Gasteiger partial charge >= 0.3 is 0 Å². The minimum Gasteiger partial charge on any atom is -0.502 e. The zero-order valence-corrected chi connectivity index (χ0v) is 15.7. The molecule has 0 saturated heterocycles. The van der Waals surface area contributed by atoms with Gasteiger partial charge in [-0.2, -0.15) is 0 Å². The van der Waals surface area contributed by atoms with Crippen molar-refractivity contribution in [2.45, 2.75) is 0 Å². The summed E-state index contributed by atoms with van der Waals surface area (Å²) in [5, 5.41) is 9.91. The van der Waals surface area contributed by atoms with E-state index < -0.39 is 0 Å². The predicted octanol–water partition coefficient (Wildman–Crippen LogP) is 3.72. The first kappa shape index (κ1) is 19.9. The van der Waals surface area contributed by atoms with Crippen molar-refractivity contribution in [3.63, 3.8) is 0 Å². The molecule has 0 radical (unpaired) electrons. The van der Waals surface area contributed by atoms with Crippen LogP contribution in [0.5, 0.6) is 28.7 Å². The Morgan fingerprint density at radius 3 is 1.74 bits per heavy atom. The van der Waals surface area contributed by atoms with Crippen molar-refractivity contribution in [3.05, 3.63) is 53.6 Å². The van der Waals surface area contributed by atoms with E-state index in [1.54, 1.807) is 50.6 Å². The van der Waals surface area contributed by atoms with Gasteiger partial charge in [-0.1, -0.05) is 18.2 Å². The molecule has 27 heavy (non-hydrogen) atoms. The maximum absolute atomic E-state index is 12.1. The molecule has 6 heteroatoms. The fourth-order valence-electron chi connectivity index (χ4n) is 2.38. The van der Waals surface area contributed by atoms with Crippen LogP contribution in [-0.2, 0) is 4.79 Å². The third-order valence-corrected chi connectivity index (χ3v) is 3.79. The Morgan fingerprint density at radius 2 is 1.22 bits per heavy atom. The van der Waals surface area contributed by atoms with Crippen LogP contribution in [0.15, 0.2) is 42.5 Å². The van der Waals surface area contributed by atoms with Crippen LogP contribution in [0.2, 0.25) is 0 Å². The molecular weight excluding hydrogens is 348 g/mol. The molecule has 0 fully saturated rings. The second kappa shape index (κ2) is 9.33. The Bertz CT molecular complexity index is 842. The number of allylic oxidation sites excluding steroid dienone is 2. The Kier molecular flexibility index (Phi) is 6.88. The number of rotatable bonds is 8. The van der Waals surface area contributed by atoms with E-state index in [1.807, 2.05) is 6.07 Å². The van der Waals surface area contributed by atoms with Gasteiger partial charge in [0.1, 0.15) is 0 Å². The molecule has 6 nitrogen and oxygen atoms in total. The van der Waals surface area contributed by atoms with E-state index in [9.17, 15) is 9.90 Å². The van der Waals surface area contributed by atoms with Crippen LogP contribution in [0.3, 0.4) is 0 Å². The van der Waals surface area contributed by atoms with E-state index >= 15 is 0 Å². The van der Waals surface area contributed by atoms with E-state index in [2.05, 4.69) is 0 Å². The molecule has 0 bridgehead atoms. The van der Waals surface area contributed by atoms with E-state index in [0.717, 1.165) is 5.56 Å². The largest absolute Gasteiger partial charge is 0.502 e. The molecule has 2 rings (SSSR count). The van der Waals surface area contributed by atoms with Crippen LogP contribution in [-0.4, -0.2) is 39.3 Å². The quantitative estimate of drug-likeness (QED) is 0.714. The highest BCUT2D eigenvalue weighted by molar-refractivity contribution is 6.04. The van der Waals surface area contributed by atoms with Gasteiger partial charge in [0.15, 0.2) is 28.8 Å². The van der Waals surface area contributed by atoms with Gasteiger partial charge < -0.3 is 24.1 Å². The van der Waals surface area contributed by atoms with Gasteiger partial charge in [-0.15, -0.1) is 0 Å². The van der Waals surface area contributed by atoms with E-state index in [0.29, 0.717) is 17.1 Å². The maximum Gasteiger partial charge on any atom is 0.200 e. The van der Waals surface area contributed by atoms with Crippen molar-refractivity contribution in [1.29, 1.82) is 0 Å². The number of aromatic hydroxyl groups is 1. The molecule has 0 heterocycles. The van der Waals surface area contributed by atoms with Gasteiger partial charge in [0, 0.05) is 0 Å². The number of ether oxygens (including phenoxy) is 4. The highest BCUT2D eigenvalue weighted by Gasteiger charge is 2.10. The minimum atomic E-state index is -0.198. The van der Waals surface area contributed by atoms with Crippen molar-refractivity contribution in [2.24, 2.45) is 0 Å². The molecule has 142 valence electrons. The molecule has 0 unspecified atom stereocenters. The van der Waals surface area contributed by atoms with E-state index in [-0.39, 0.29) is 23.0 Å². The number of ketones is 1. The van der Waals surface area contributed by atoms with Crippen LogP contribution >= 0.6 is 0 Å². The summed E-state index contributed by atoms with van der Waals surface area (Å²) in [6.07, 6.45) is 6.17. The lowest BCUT2D eigenvalue weighted by atomic mass is 10.1. The summed E-state index contributed by atoms with van der Waals surface area (Å²) in [7, 11) is 6.01. The first-order chi connectivity index (χ1) is 13.0. The van der Waals surface area contributed by atoms with Crippen LogP contribution in [0, 0.1) is 0 Å². The number of methoxy groups -OCH3 is 4. The van der Waals surface area contributed by atoms with Crippen molar-refractivity contribution >= 4 is 17.9 Å². The smallest absolute Gasteiger partial charge is 0.200 e. The van der Waals surface area contributed by atoms with Crippen LogP contribution in [0.4, 0.5) is 0 Å². The number of phenolic OH excluding ortho intramolecular Hbond substituents is 1. The molecule has 2 aromatic carbocycles. The summed E-state index contributed by atoms with van der Waals surface area (Å²) in [5.74, 6) is 1.46. The summed E-state index contributed by atoms with van der Waals surface area (Å²) in [6, 6.07) is 8.60. The third kappa shape index (κ3) is 5.04. The molecular formula is C21H22O6. The third-order valence-electron chi connectivity index (χ3n) is 3.79. The van der Waals surface area contributed by atoms with Gasteiger partial charge in [-0.25, -0.2) is 0 Å². The van der Waals surface area contributed by atoms with Crippen molar-refractivity contribution in [3.8, 4) is 28.7 Å². The SMILES string of the molecule is COc1ccc(/C=C/C(=O)/C=C/c2cc(OC)c(O)c(OC)c2)cc1OC. The Hall–Kier alpha value is -3.41. The number of hydrogen-bond donors (Lipinski definition) is 1. The topological polar surface area (TPSA) is 74.2 Å². The van der Waals surface area contributed by atoms with E-state index in [1.165, 1.54) is 26.4 Å². The zero-order valence-electron chi connectivity index (χ0n) is 15.7. The van der Waals surface area contributed by atoms with Crippen LogP contribution in [0.1, 0.15) is 11.1 Å². The fraction of sp³-hybridized carbons (Fsp3) is 0.190. The Balaban J connectivity index is 2.14. The Morgan fingerprint density at radius 1 is 0.741 bits per heavy atom. The molecule has 0 amide bonds. The average Bonchev–Trinajstić information content (AvgIpc) is 2.70. The fourth-order valence-corrected chi connectivity index (χ4v) is 2.38. The normalized spacial score (nSPS) is 11.0. The zero-order chi connectivity index (χ0) is 19.8. The summed E-state index contributed by atoms with van der Waals surface area (Å²) in [6.45, 7) is 0. The molecule has 0 aliphatic heterocycles. The highest BCUT2D eigenvalue weighted by atomic mass is 16.5. The number of carbonyl (C=O) groups excluding carboxylic acids is 1. The molecule has 0 atom stereocenters. The summed E-state index contributed by atoms with van der Waals surface area (Å²) >= 11 is 0. The number of benzene rings is 2. The summed E-state index contributed by atoms with van der Waals surface area (Å²) < 4.78 is 20.6. The van der Waals surface area contributed by atoms with Gasteiger partial charge in [0.25, 0.3) is 0 Å². The predicted molar refractivity (Wildman–Crippen MR) is 104 cm³/mol. The lowest BCUT2D eigenvalue weighted by Crippen LogP contribution is -1.91.